The van der Waals surface area contributed by atoms with Crippen molar-refractivity contribution in [1.82, 2.24) is 30.8 Å². The first-order valence-corrected chi connectivity index (χ1v) is 10.3. The normalized spacial score (nSPS) is 12.0. The number of hydrogen-bond donors (Lipinski definition) is 3. The molecule has 0 amide bonds. The molecular formula is C22H30N6O3. The second-order valence-electron chi connectivity index (χ2n) is 7.35. The van der Waals surface area contributed by atoms with Crippen molar-refractivity contribution in [2.24, 2.45) is 0 Å². The molecule has 3 aromatic rings. The van der Waals surface area contributed by atoms with Crippen molar-refractivity contribution < 1.29 is 14.6 Å². The first kappa shape index (κ1) is 22.7. The molecule has 0 radical (unpaired) electrons. The first-order chi connectivity index (χ1) is 15.1. The van der Waals surface area contributed by atoms with Crippen molar-refractivity contribution >= 4 is 0 Å². The number of ether oxygens (including phenoxy) is 2. The summed E-state index contributed by atoms with van der Waals surface area (Å²) in [5.74, 6) is 1.88. The standard InChI is InChI=1S/C22H30N6O3/c1-16-4-7-19(8-5-16)28-22(25-26-27-28)15-31-20-9-6-18(12-21(20)30-3)14-24-11-10-23-13-17(2)29/h4-9,12,17,23-24,29H,10-11,13-15H2,1-3H3/t17-/m1/s1. The molecule has 0 unspecified atom stereocenters. The Morgan fingerprint density at radius 3 is 2.58 bits per heavy atom. The van der Waals surface area contributed by atoms with Crippen molar-refractivity contribution in [2.75, 3.05) is 26.7 Å². The molecule has 1 atom stereocenters. The highest BCUT2D eigenvalue weighted by Gasteiger charge is 2.12. The molecule has 0 aliphatic heterocycles. The summed E-state index contributed by atoms with van der Waals surface area (Å²) in [6, 6.07) is 13.8. The molecule has 0 aliphatic carbocycles. The SMILES string of the molecule is COc1cc(CNCCNC[C@@H](C)O)ccc1OCc1nnnn1-c1ccc(C)cc1. The molecule has 0 spiro atoms. The Balaban J connectivity index is 1.55. The van der Waals surface area contributed by atoms with E-state index >= 15 is 0 Å². The lowest BCUT2D eigenvalue weighted by Crippen LogP contribution is -2.31. The predicted octanol–water partition coefficient (Wildman–Crippen LogP) is 1.62. The Morgan fingerprint density at radius 2 is 1.84 bits per heavy atom. The van der Waals surface area contributed by atoms with Gasteiger partial charge in [-0.3, -0.25) is 0 Å². The van der Waals surface area contributed by atoms with Gasteiger partial charge in [-0.25, -0.2) is 0 Å². The van der Waals surface area contributed by atoms with Crippen LogP contribution in [0.2, 0.25) is 0 Å². The highest BCUT2D eigenvalue weighted by atomic mass is 16.5. The van der Waals surface area contributed by atoms with Gasteiger partial charge in [0.15, 0.2) is 23.9 Å². The van der Waals surface area contributed by atoms with Gasteiger partial charge < -0.3 is 25.2 Å². The summed E-state index contributed by atoms with van der Waals surface area (Å²) in [5.41, 5.74) is 3.14. The first-order valence-electron chi connectivity index (χ1n) is 10.3. The van der Waals surface area contributed by atoms with Crippen LogP contribution in [0, 0.1) is 6.92 Å². The average molecular weight is 427 g/mol. The maximum atomic E-state index is 9.24. The number of benzene rings is 2. The van der Waals surface area contributed by atoms with E-state index in [0.29, 0.717) is 30.4 Å². The second-order valence-corrected chi connectivity index (χ2v) is 7.35. The number of nitrogens with one attached hydrogen (secondary N) is 2. The summed E-state index contributed by atoms with van der Waals surface area (Å²) in [4.78, 5) is 0. The largest absolute Gasteiger partial charge is 0.493 e. The van der Waals surface area contributed by atoms with Crippen LogP contribution in [0.5, 0.6) is 11.5 Å². The summed E-state index contributed by atoms with van der Waals surface area (Å²) in [7, 11) is 1.62. The summed E-state index contributed by atoms with van der Waals surface area (Å²) in [5, 5.41) is 27.7. The van der Waals surface area contributed by atoms with E-state index in [1.54, 1.807) is 18.7 Å². The van der Waals surface area contributed by atoms with Crippen molar-refractivity contribution in [3.8, 4) is 17.2 Å². The third-order valence-corrected chi connectivity index (χ3v) is 4.64. The van der Waals surface area contributed by atoms with Crippen LogP contribution in [0.3, 0.4) is 0 Å². The number of aromatic nitrogens is 4. The molecule has 2 aromatic carbocycles. The molecule has 9 heteroatoms. The van der Waals surface area contributed by atoms with Gasteiger partial charge in [0, 0.05) is 26.2 Å². The molecule has 0 bridgehead atoms. The van der Waals surface area contributed by atoms with Gasteiger partial charge >= 0.3 is 0 Å². The summed E-state index contributed by atoms with van der Waals surface area (Å²) in [6.45, 7) is 6.90. The Morgan fingerprint density at radius 1 is 1.06 bits per heavy atom. The predicted molar refractivity (Wildman–Crippen MR) is 117 cm³/mol. The van der Waals surface area contributed by atoms with Crippen LogP contribution in [0.15, 0.2) is 42.5 Å². The van der Waals surface area contributed by atoms with Gasteiger partial charge in [-0.05, 0) is 54.1 Å². The summed E-state index contributed by atoms with van der Waals surface area (Å²) >= 11 is 0. The lowest BCUT2D eigenvalue weighted by molar-refractivity contribution is 0.191. The van der Waals surface area contributed by atoms with E-state index in [1.807, 2.05) is 49.4 Å². The van der Waals surface area contributed by atoms with Gasteiger partial charge in [-0.2, -0.15) is 4.68 Å². The maximum absolute atomic E-state index is 9.24. The maximum Gasteiger partial charge on any atom is 0.194 e. The average Bonchev–Trinajstić information content (AvgIpc) is 3.24. The number of hydrogen-bond acceptors (Lipinski definition) is 8. The number of nitrogens with zero attached hydrogens (tertiary/aromatic N) is 4. The minimum Gasteiger partial charge on any atom is -0.493 e. The Bertz CT molecular complexity index is 943. The van der Waals surface area contributed by atoms with Gasteiger partial charge in [0.05, 0.1) is 18.9 Å². The van der Waals surface area contributed by atoms with Gasteiger partial charge in [0.25, 0.3) is 0 Å². The number of rotatable bonds is 12. The van der Waals surface area contributed by atoms with Crippen molar-refractivity contribution in [3.63, 3.8) is 0 Å². The van der Waals surface area contributed by atoms with Crippen LogP contribution >= 0.6 is 0 Å². The van der Waals surface area contributed by atoms with Crippen LogP contribution in [0.25, 0.3) is 5.69 Å². The van der Waals surface area contributed by atoms with E-state index in [9.17, 15) is 5.11 Å². The molecule has 166 valence electrons. The zero-order chi connectivity index (χ0) is 22.1. The van der Waals surface area contributed by atoms with Crippen molar-refractivity contribution in [3.05, 3.63) is 59.4 Å². The third kappa shape index (κ3) is 6.74. The molecule has 1 heterocycles. The molecule has 0 fully saturated rings. The van der Waals surface area contributed by atoms with Crippen LogP contribution in [0.4, 0.5) is 0 Å². The molecule has 1 aromatic heterocycles. The Kier molecular flexibility index (Phi) is 8.34. The molecule has 31 heavy (non-hydrogen) atoms. The van der Waals surface area contributed by atoms with Crippen LogP contribution in [-0.4, -0.2) is 58.2 Å². The molecule has 0 saturated heterocycles. The highest BCUT2D eigenvalue weighted by molar-refractivity contribution is 5.43. The fourth-order valence-corrected chi connectivity index (χ4v) is 2.99. The second kappa shape index (κ2) is 11.4. The third-order valence-electron chi connectivity index (χ3n) is 4.64. The van der Waals surface area contributed by atoms with Gasteiger partial charge in [-0.1, -0.05) is 23.8 Å². The van der Waals surface area contributed by atoms with E-state index in [4.69, 9.17) is 9.47 Å². The number of aryl methyl sites for hydroxylation is 1. The molecule has 3 N–H and O–H groups in total. The zero-order valence-electron chi connectivity index (χ0n) is 18.2. The monoisotopic (exact) mass is 426 g/mol. The van der Waals surface area contributed by atoms with Gasteiger partial charge in [-0.15, -0.1) is 5.10 Å². The van der Waals surface area contributed by atoms with E-state index in [0.717, 1.165) is 24.3 Å². The fraction of sp³-hybridized carbons (Fsp3) is 0.409. The smallest absolute Gasteiger partial charge is 0.194 e. The number of methoxy groups -OCH3 is 1. The van der Waals surface area contributed by atoms with Crippen molar-refractivity contribution in [1.29, 1.82) is 0 Å². The number of tetrazole rings is 1. The van der Waals surface area contributed by atoms with Gasteiger partial charge in [0.2, 0.25) is 0 Å². The van der Waals surface area contributed by atoms with E-state index in [2.05, 4.69) is 26.2 Å². The van der Waals surface area contributed by atoms with Crippen LogP contribution in [-0.2, 0) is 13.2 Å². The molecule has 0 aliphatic rings. The van der Waals surface area contributed by atoms with Crippen molar-refractivity contribution in [2.45, 2.75) is 33.1 Å². The highest BCUT2D eigenvalue weighted by Crippen LogP contribution is 2.28. The summed E-state index contributed by atoms with van der Waals surface area (Å²) < 4.78 is 13.1. The molecular weight excluding hydrogens is 396 g/mol. The number of aliphatic hydroxyl groups excluding tert-OH is 1. The minimum absolute atomic E-state index is 0.212. The van der Waals surface area contributed by atoms with E-state index < -0.39 is 0 Å². The Hall–Kier alpha value is -3.01. The fourth-order valence-electron chi connectivity index (χ4n) is 2.99. The Labute approximate surface area is 182 Å². The lowest BCUT2D eigenvalue weighted by Gasteiger charge is -2.13. The molecule has 3 rings (SSSR count). The minimum atomic E-state index is -0.335. The van der Waals surface area contributed by atoms with E-state index in [1.165, 1.54) is 5.56 Å². The number of aliphatic hydroxyl groups is 1. The topological polar surface area (TPSA) is 106 Å². The molecule has 0 saturated carbocycles. The molecule has 9 nitrogen and oxygen atoms in total. The van der Waals surface area contributed by atoms with Crippen LogP contribution in [0.1, 0.15) is 23.9 Å². The summed E-state index contributed by atoms with van der Waals surface area (Å²) in [6.07, 6.45) is -0.335. The van der Waals surface area contributed by atoms with Gasteiger partial charge in [0.1, 0.15) is 0 Å². The quantitative estimate of drug-likeness (QED) is 0.375. The lowest BCUT2D eigenvalue weighted by atomic mass is 10.2. The zero-order valence-corrected chi connectivity index (χ0v) is 18.2. The van der Waals surface area contributed by atoms with E-state index in [-0.39, 0.29) is 12.7 Å². The van der Waals surface area contributed by atoms with Crippen LogP contribution < -0.4 is 20.1 Å².